The molecule has 1 heterocycles. The zero-order valence-electron chi connectivity index (χ0n) is 11.5. The van der Waals surface area contributed by atoms with Crippen molar-refractivity contribution < 1.29 is 0 Å². The second-order valence-corrected chi connectivity index (χ2v) is 5.44. The number of nitrogens with one attached hydrogen (secondary N) is 1. The molecule has 0 fully saturated rings. The molecule has 0 radical (unpaired) electrons. The molecule has 3 rings (SSSR count). The Morgan fingerprint density at radius 3 is 2.53 bits per heavy atom. The summed E-state index contributed by atoms with van der Waals surface area (Å²) < 4.78 is 0. The highest BCUT2D eigenvalue weighted by atomic mass is 14.7. The molecule has 2 aromatic carbocycles. The van der Waals surface area contributed by atoms with E-state index in [1.165, 1.54) is 27.6 Å². The molecule has 1 heteroatoms. The van der Waals surface area contributed by atoms with Crippen LogP contribution in [-0.2, 0) is 6.42 Å². The second kappa shape index (κ2) is 4.93. The topological polar surface area (TPSA) is 15.8 Å². The van der Waals surface area contributed by atoms with Crippen molar-refractivity contribution in [1.29, 1.82) is 0 Å². The van der Waals surface area contributed by atoms with Crippen LogP contribution in [0, 0.1) is 0 Å². The van der Waals surface area contributed by atoms with Crippen LogP contribution in [0.1, 0.15) is 36.5 Å². The van der Waals surface area contributed by atoms with Gasteiger partial charge in [-0.1, -0.05) is 50.2 Å². The number of aromatic amines is 1. The van der Waals surface area contributed by atoms with Crippen LogP contribution >= 0.6 is 0 Å². The summed E-state index contributed by atoms with van der Waals surface area (Å²) >= 11 is 0. The molecule has 0 amide bonds. The summed E-state index contributed by atoms with van der Waals surface area (Å²) in [6.07, 6.45) is 3.13. The predicted molar refractivity (Wildman–Crippen MR) is 81.6 cm³/mol. The van der Waals surface area contributed by atoms with Crippen LogP contribution in [0.5, 0.6) is 0 Å². The Kier molecular flexibility index (Phi) is 3.12. The van der Waals surface area contributed by atoms with Gasteiger partial charge in [0.1, 0.15) is 0 Å². The van der Waals surface area contributed by atoms with Gasteiger partial charge in [-0.15, -0.1) is 0 Å². The molecule has 0 aliphatic heterocycles. The molecule has 96 valence electrons. The van der Waals surface area contributed by atoms with Crippen molar-refractivity contribution in [2.45, 2.75) is 26.2 Å². The third-order valence-electron chi connectivity index (χ3n) is 3.70. The molecule has 1 aromatic heterocycles. The minimum atomic E-state index is 0.573. The molecular formula is C18H19N. The normalized spacial score (nSPS) is 11.3. The third kappa shape index (κ3) is 2.41. The van der Waals surface area contributed by atoms with E-state index in [0.29, 0.717) is 5.92 Å². The van der Waals surface area contributed by atoms with Crippen LogP contribution in [0.15, 0.2) is 54.7 Å². The van der Waals surface area contributed by atoms with Gasteiger partial charge in [-0.05, 0) is 41.2 Å². The molecule has 0 bridgehead atoms. The van der Waals surface area contributed by atoms with E-state index in [-0.39, 0.29) is 0 Å². The first-order valence-electron chi connectivity index (χ1n) is 6.88. The first kappa shape index (κ1) is 12.0. The predicted octanol–water partition coefficient (Wildman–Crippen LogP) is 4.88. The maximum atomic E-state index is 3.37. The lowest BCUT2D eigenvalue weighted by atomic mass is 9.98. The van der Waals surface area contributed by atoms with Crippen molar-refractivity contribution in [3.05, 3.63) is 71.4 Å². The van der Waals surface area contributed by atoms with Gasteiger partial charge in [0.15, 0.2) is 0 Å². The van der Waals surface area contributed by atoms with Gasteiger partial charge in [0.25, 0.3) is 0 Å². The highest BCUT2D eigenvalue weighted by Gasteiger charge is 2.07. The largest absolute Gasteiger partial charge is 0.361 e. The third-order valence-corrected chi connectivity index (χ3v) is 3.70. The summed E-state index contributed by atoms with van der Waals surface area (Å²) in [6, 6.07) is 17.4. The Labute approximate surface area is 114 Å². The Morgan fingerprint density at radius 1 is 1.00 bits per heavy atom. The molecule has 0 aliphatic carbocycles. The molecule has 0 saturated carbocycles. The van der Waals surface area contributed by atoms with Crippen LogP contribution in [0.3, 0.4) is 0 Å². The van der Waals surface area contributed by atoms with E-state index >= 15 is 0 Å². The average molecular weight is 249 g/mol. The monoisotopic (exact) mass is 249 g/mol. The van der Waals surface area contributed by atoms with E-state index in [1.807, 2.05) is 0 Å². The summed E-state index contributed by atoms with van der Waals surface area (Å²) in [7, 11) is 0. The lowest BCUT2D eigenvalue weighted by Crippen LogP contribution is -1.89. The van der Waals surface area contributed by atoms with Crippen molar-refractivity contribution >= 4 is 10.9 Å². The quantitative estimate of drug-likeness (QED) is 0.680. The van der Waals surface area contributed by atoms with E-state index in [2.05, 4.69) is 73.6 Å². The Morgan fingerprint density at radius 2 is 1.79 bits per heavy atom. The van der Waals surface area contributed by atoms with Crippen LogP contribution in [0.4, 0.5) is 0 Å². The van der Waals surface area contributed by atoms with Crippen molar-refractivity contribution in [3.8, 4) is 0 Å². The summed E-state index contributed by atoms with van der Waals surface area (Å²) in [5.74, 6) is 0.573. The van der Waals surface area contributed by atoms with Crippen molar-refractivity contribution in [2.75, 3.05) is 0 Å². The number of aromatic nitrogens is 1. The number of H-pyrrole nitrogens is 1. The molecule has 19 heavy (non-hydrogen) atoms. The highest BCUT2D eigenvalue weighted by Crippen LogP contribution is 2.25. The Hall–Kier alpha value is -2.02. The van der Waals surface area contributed by atoms with Gasteiger partial charge in [0, 0.05) is 17.1 Å². The van der Waals surface area contributed by atoms with Gasteiger partial charge < -0.3 is 4.98 Å². The van der Waals surface area contributed by atoms with E-state index in [0.717, 1.165) is 6.42 Å². The molecular weight excluding hydrogens is 230 g/mol. The average Bonchev–Trinajstić information content (AvgIpc) is 2.82. The van der Waals surface area contributed by atoms with Gasteiger partial charge in [0.05, 0.1) is 0 Å². The Bertz CT molecular complexity index is 677. The molecule has 0 unspecified atom stereocenters. The first-order chi connectivity index (χ1) is 9.24. The fourth-order valence-corrected chi connectivity index (χ4v) is 2.52. The molecule has 0 spiro atoms. The second-order valence-electron chi connectivity index (χ2n) is 5.44. The number of rotatable bonds is 3. The van der Waals surface area contributed by atoms with Crippen molar-refractivity contribution in [1.82, 2.24) is 4.98 Å². The number of fused-ring (bicyclic) bond motifs is 1. The van der Waals surface area contributed by atoms with Crippen LogP contribution in [0.25, 0.3) is 10.9 Å². The summed E-state index contributed by atoms with van der Waals surface area (Å²) in [4.78, 5) is 3.37. The standard InChI is InChI=1S/C18H19N/c1-13(2)15-8-9-18-17(11-15)16(12-19-18)10-14-6-4-3-5-7-14/h3-9,11-13,19H,10H2,1-2H3. The fourth-order valence-electron chi connectivity index (χ4n) is 2.52. The smallest absolute Gasteiger partial charge is 0.0457 e. The number of benzene rings is 2. The van der Waals surface area contributed by atoms with Gasteiger partial charge in [-0.2, -0.15) is 0 Å². The fraction of sp³-hybridized carbons (Fsp3) is 0.222. The molecule has 0 aliphatic rings. The van der Waals surface area contributed by atoms with Crippen molar-refractivity contribution in [3.63, 3.8) is 0 Å². The van der Waals surface area contributed by atoms with E-state index in [9.17, 15) is 0 Å². The lowest BCUT2D eigenvalue weighted by molar-refractivity contribution is 0.868. The maximum Gasteiger partial charge on any atom is 0.0457 e. The summed E-state index contributed by atoms with van der Waals surface area (Å²) in [5.41, 5.74) is 5.37. The van der Waals surface area contributed by atoms with E-state index in [4.69, 9.17) is 0 Å². The molecule has 1 N–H and O–H groups in total. The molecule has 0 saturated heterocycles. The van der Waals surface area contributed by atoms with Crippen molar-refractivity contribution in [2.24, 2.45) is 0 Å². The SMILES string of the molecule is CC(C)c1ccc2[nH]cc(Cc3ccccc3)c2c1. The van der Waals surface area contributed by atoms with E-state index < -0.39 is 0 Å². The lowest BCUT2D eigenvalue weighted by Gasteiger charge is -2.06. The van der Waals surface area contributed by atoms with Gasteiger partial charge >= 0.3 is 0 Å². The molecule has 3 aromatic rings. The number of hydrogen-bond donors (Lipinski definition) is 1. The summed E-state index contributed by atoms with van der Waals surface area (Å²) in [5, 5.41) is 1.36. The van der Waals surface area contributed by atoms with Crippen LogP contribution in [0.2, 0.25) is 0 Å². The molecule has 0 atom stereocenters. The van der Waals surface area contributed by atoms with Crippen LogP contribution < -0.4 is 0 Å². The van der Waals surface area contributed by atoms with Crippen LogP contribution in [-0.4, -0.2) is 4.98 Å². The van der Waals surface area contributed by atoms with Gasteiger partial charge in [-0.25, -0.2) is 0 Å². The van der Waals surface area contributed by atoms with E-state index in [1.54, 1.807) is 0 Å². The minimum absolute atomic E-state index is 0.573. The van der Waals surface area contributed by atoms with Gasteiger partial charge in [0.2, 0.25) is 0 Å². The zero-order chi connectivity index (χ0) is 13.2. The zero-order valence-corrected chi connectivity index (χ0v) is 11.5. The first-order valence-corrected chi connectivity index (χ1v) is 6.88. The van der Waals surface area contributed by atoms with Gasteiger partial charge in [-0.3, -0.25) is 0 Å². The Balaban J connectivity index is 2.02. The summed E-state index contributed by atoms with van der Waals surface area (Å²) in [6.45, 7) is 4.48. The number of hydrogen-bond acceptors (Lipinski definition) is 0. The highest BCUT2D eigenvalue weighted by molar-refractivity contribution is 5.84. The molecule has 1 nitrogen and oxygen atoms in total. The maximum absolute atomic E-state index is 3.37. The minimum Gasteiger partial charge on any atom is -0.361 e.